The van der Waals surface area contributed by atoms with Gasteiger partial charge < -0.3 is 24.6 Å². The number of methoxy groups -OCH3 is 1. The highest BCUT2D eigenvalue weighted by atomic mass is 32.2. The molecular formula is C16H13N3O7S. The number of aromatic amines is 2. The average Bonchev–Trinajstić information content (AvgIpc) is 2.61. The summed E-state index contributed by atoms with van der Waals surface area (Å²) in [4.78, 5) is 38.5. The van der Waals surface area contributed by atoms with Gasteiger partial charge in [0.25, 0.3) is 5.91 Å². The molecule has 0 spiro atoms. The van der Waals surface area contributed by atoms with Crippen LogP contribution in [0.3, 0.4) is 0 Å². The number of carbonyl (C=O) groups excluding carboxylic acids is 1. The quantitative estimate of drug-likeness (QED) is 0.410. The van der Waals surface area contributed by atoms with E-state index < -0.39 is 27.1 Å². The van der Waals surface area contributed by atoms with Crippen LogP contribution in [0.2, 0.25) is 0 Å². The molecule has 0 radical (unpaired) electrons. The Balaban J connectivity index is 2.09. The topological polar surface area (TPSA) is 161 Å². The van der Waals surface area contributed by atoms with E-state index in [0.717, 1.165) is 6.07 Å². The van der Waals surface area contributed by atoms with E-state index in [2.05, 4.69) is 9.97 Å². The van der Waals surface area contributed by atoms with Gasteiger partial charge in [-0.2, -0.15) is 8.42 Å². The van der Waals surface area contributed by atoms with Crippen molar-refractivity contribution in [2.45, 2.75) is 4.90 Å². The zero-order chi connectivity index (χ0) is 19.8. The summed E-state index contributed by atoms with van der Waals surface area (Å²) in [5.74, 6) is -0.939. The molecule has 10 nitrogen and oxygen atoms in total. The molecule has 3 aromatic rings. The normalized spacial score (nSPS) is 11.3. The fourth-order valence-corrected chi connectivity index (χ4v) is 3.29. The van der Waals surface area contributed by atoms with E-state index in [9.17, 15) is 22.8 Å². The predicted octanol–water partition coefficient (Wildman–Crippen LogP) is 0.0916. The van der Waals surface area contributed by atoms with Crippen LogP contribution in [-0.4, -0.2) is 31.4 Å². The molecule has 27 heavy (non-hydrogen) atoms. The predicted molar refractivity (Wildman–Crippen MR) is 94.5 cm³/mol. The van der Waals surface area contributed by atoms with Crippen LogP contribution in [0.5, 0.6) is 11.5 Å². The molecule has 1 aromatic heterocycles. The Kier molecular flexibility index (Phi) is 4.45. The van der Waals surface area contributed by atoms with Crippen LogP contribution in [0.15, 0.2) is 50.9 Å². The lowest BCUT2D eigenvalue weighted by Crippen LogP contribution is -2.29. The first kappa shape index (κ1) is 18.2. The fraction of sp³-hybridized carbons (Fsp3) is 0.0625. The second kappa shape index (κ2) is 6.61. The number of hydrogen-bond acceptors (Lipinski definition) is 7. The van der Waals surface area contributed by atoms with Gasteiger partial charge >= 0.3 is 21.2 Å². The Morgan fingerprint density at radius 2 is 1.67 bits per heavy atom. The van der Waals surface area contributed by atoms with E-state index in [-0.39, 0.29) is 33.0 Å². The van der Waals surface area contributed by atoms with Crippen LogP contribution in [0, 0.1) is 0 Å². The minimum atomic E-state index is -4.39. The van der Waals surface area contributed by atoms with Gasteiger partial charge in [-0.15, -0.1) is 0 Å². The van der Waals surface area contributed by atoms with Gasteiger partial charge in [-0.05, 0) is 30.3 Å². The molecular weight excluding hydrogens is 378 g/mol. The summed E-state index contributed by atoms with van der Waals surface area (Å²) in [5.41, 5.74) is 3.62. The lowest BCUT2D eigenvalue weighted by Gasteiger charge is -2.11. The smallest absolute Gasteiger partial charge is 0.339 e. The van der Waals surface area contributed by atoms with Crippen molar-refractivity contribution in [1.29, 1.82) is 0 Å². The number of nitrogens with one attached hydrogen (secondary N) is 2. The van der Waals surface area contributed by atoms with Crippen LogP contribution in [0.25, 0.3) is 11.0 Å². The molecule has 0 saturated heterocycles. The standard InChI is InChI=1S/C16H13N3O7S/c1-25-8-2-4-10(14(17)20)13(6-8)26-27(23,24)9-3-5-11-12(7-9)19-16(22)15(21)18-11/h2-7H,1H3,(H2,17,20)(H,18,21)(H,19,22). The number of primary amides is 1. The zero-order valence-electron chi connectivity index (χ0n) is 13.8. The summed E-state index contributed by atoms with van der Waals surface area (Å²) in [6.45, 7) is 0. The third-order valence-corrected chi connectivity index (χ3v) is 4.87. The minimum absolute atomic E-state index is 0.0880. The summed E-state index contributed by atoms with van der Waals surface area (Å²) in [6.07, 6.45) is 0. The van der Waals surface area contributed by atoms with Crippen molar-refractivity contribution in [3.05, 3.63) is 62.7 Å². The molecule has 0 unspecified atom stereocenters. The van der Waals surface area contributed by atoms with E-state index >= 15 is 0 Å². The van der Waals surface area contributed by atoms with Gasteiger partial charge in [-0.25, -0.2) is 0 Å². The molecule has 0 saturated carbocycles. The minimum Gasteiger partial charge on any atom is -0.497 e. The number of rotatable bonds is 5. The van der Waals surface area contributed by atoms with Crippen LogP contribution in [-0.2, 0) is 10.1 Å². The van der Waals surface area contributed by atoms with Gasteiger partial charge in [0.15, 0.2) is 5.75 Å². The number of benzene rings is 2. The van der Waals surface area contributed by atoms with E-state index in [4.69, 9.17) is 14.7 Å². The number of fused-ring (bicyclic) bond motifs is 1. The molecule has 0 atom stereocenters. The van der Waals surface area contributed by atoms with Crippen molar-refractivity contribution in [3.8, 4) is 11.5 Å². The van der Waals surface area contributed by atoms with E-state index in [1.165, 1.54) is 37.4 Å². The number of amides is 1. The second-order valence-corrected chi connectivity index (χ2v) is 6.93. The van der Waals surface area contributed by atoms with Crippen molar-refractivity contribution in [2.75, 3.05) is 7.11 Å². The molecule has 1 heterocycles. The van der Waals surface area contributed by atoms with Gasteiger partial charge in [0.2, 0.25) is 0 Å². The van der Waals surface area contributed by atoms with Crippen molar-refractivity contribution < 1.29 is 22.1 Å². The van der Waals surface area contributed by atoms with Gasteiger partial charge in [0.05, 0.1) is 23.7 Å². The van der Waals surface area contributed by atoms with E-state index in [1.54, 1.807) is 0 Å². The first-order chi connectivity index (χ1) is 12.7. The molecule has 11 heteroatoms. The van der Waals surface area contributed by atoms with Gasteiger partial charge in [-0.1, -0.05) is 0 Å². The van der Waals surface area contributed by atoms with Crippen molar-refractivity contribution in [1.82, 2.24) is 9.97 Å². The first-order valence-electron chi connectivity index (χ1n) is 7.40. The van der Waals surface area contributed by atoms with E-state index in [0.29, 0.717) is 0 Å². The monoisotopic (exact) mass is 391 g/mol. The highest BCUT2D eigenvalue weighted by molar-refractivity contribution is 7.87. The number of ether oxygens (including phenoxy) is 1. The zero-order valence-corrected chi connectivity index (χ0v) is 14.6. The molecule has 0 aliphatic heterocycles. The summed E-state index contributed by atoms with van der Waals surface area (Å²) in [7, 11) is -3.03. The molecule has 0 fully saturated rings. The van der Waals surface area contributed by atoms with Crippen molar-refractivity contribution in [3.63, 3.8) is 0 Å². The van der Waals surface area contributed by atoms with Crippen LogP contribution in [0.4, 0.5) is 0 Å². The largest absolute Gasteiger partial charge is 0.497 e. The first-order valence-corrected chi connectivity index (χ1v) is 8.81. The molecule has 0 bridgehead atoms. The lowest BCUT2D eigenvalue weighted by molar-refractivity contribution is 0.0999. The highest BCUT2D eigenvalue weighted by Crippen LogP contribution is 2.28. The summed E-state index contributed by atoms with van der Waals surface area (Å²) >= 11 is 0. The second-order valence-electron chi connectivity index (χ2n) is 5.38. The van der Waals surface area contributed by atoms with Crippen molar-refractivity contribution >= 4 is 27.1 Å². The average molecular weight is 391 g/mol. The maximum atomic E-state index is 12.6. The van der Waals surface area contributed by atoms with Crippen molar-refractivity contribution in [2.24, 2.45) is 5.73 Å². The highest BCUT2D eigenvalue weighted by Gasteiger charge is 2.21. The number of H-pyrrole nitrogens is 2. The number of nitrogens with two attached hydrogens (primary N) is 1. The number of hydrogen-bond donors (Lipinski definition) is 3. The van der Waals surface area contributed by atoms with Crippen LogP contribution >= 0.6 is 0 Å². The summed E-state index contributed by atoms with van der Waals surface area (Å²) in [5, 5.41) is 0. The Morgan fingerprint density at radius 1 is 1.00 bits per heavy atom. The maximum absolute atomic E-state index is 12.6. The van der Waals surface area contributed by atoms with Gasteiger partial charge in [0, 0.05) is 6.07 Å². The molecule has 3 rings (SSSR count). The molecule has 4 N–H and O–H groups in total. The molecule has 2 aromatic carbocycles. The molecule has 1 amide bonds. The Hall–Kier alpha value is -3.60. The molecule has 0 aliphatic carbocycles. The van der Waals surface area contributed by atoms with Crippen LogP contribution in [0.1, 0.15) is 10.4 Å². The van der Waals surface area contributed by atoms with Gasteiger partial charge in [-0.3, -0.25) is 14.4 Å². The Bertz CT molecular complexity index is 1280. The Morgan fingerprint density at radius 3 is 2.30 bits per heavy atom. The van der Waals surface area contributed by atoms with E-state index in [1.807, 2.05) is 0 Å². The summed E-state index contributed by atoms with van der Waals surface area (Å²) < 4.78 is 35.2. The Labute approximate surface area is 151 Å². The third kappa shape index (κ3) is 3.53. The lowest BCUT2D eigenvalue weighted by atomic mass is 10.2. The maximum Gasteiger partial charge on any atom is 0.339 e. The SMILES string of the molecule is COc1ccc(C(N)=O)c(OS(=O)(=O)c2ccc3[nH]c(=O)c(=O)[nH]c3c2)c1. The van der Waals surface area contributed by atoms with Gasteiger partial charge in [0.1, 0.15) is 10.6 Å². The number of aromatic nitrogens is 2. The number of carbonyl (C=O) groups is 1. The third-order valence-electron chi connectivity index (χ3n) is 3.64. The fourth-order valence-electron chi connectivity index (χ4n) is 2.32. The summed E-state index contributed by atoms with van der Waals surface area (Å²) in [6, 6.07) is 7.50. The molecule has 140 valence electrons. The molecule has 0 aliphatic rings. The van der Waals surface area contributed by atoms with Crippen LogP contribution < -0.4 is 25.8 Å².